The molecule has 2 aromatic carbocycles. The number of amides is 1. The number of hydrogen-bond acceptors (Lipinski definition) is 5. The lowest BCUT2D eigenvalue weighted by atomic mass is 10.2. The molecule has 0 spiro atoms. The van der Waals surface area contributed by atoms with Crippen molar-refractivity contribution in [2.45, 2.75) is 0 Å². The second kappa shape index (κ2) is 6.46. The largest absolute Gasteiger partial charge is 0.497 e. The van der Waals surface area contributed by atoms with Crippen molar-refractivity contribution in [1.82, 2.24) is 0 Å². The quantitative estimate of drug-likeness (QED) is 0.537. The van der Waals surface area contributed by atoms with Gasteiger partial charge in [-0.3, -0.25) is 14.9 Å². The zero-order chi connectivity index (χ0) is 17.3. The van der Waals surface area contributed by atoms with Gasteiger partial charge in [-0.25, -0.2) is 0 Å². The lowest BCUT2D eigenvalue weighted by Crippen LogP contribution is -2.10. The van der Waals surface area contributed by atoms with E-state index in [9.17, 15) is 14.9 Å². The molecule has 0 aliphatic carbocycles. The van der Waals surface area contributed by atoms with Crippen molar-refractivity contribution in [1.29, 1.82) is 0 Å². The van der Waals surface area contributed by atoms with Crippen molar-refractivity contribution < 1.29 is 14.5 Å². The molecule has 6 nitrogen and oxygen atoms in total. The van der Waals surface area contributed by atoms with Gasteiger partial charge in [0.1, 0.15) is 10.6 Å². The number of fused-ring (bicyclic) bond motifs is 1. The predicted molar refractivity (Wildman–Crippen MR) is 94.4 cm³/mol. The van der Waals surface area contributed by atoms with E-state index in [1.165, 1.54) is 29.5 Å². The number of halogens is 1. The Morgan fingerprint density at radius 3 is 2.79 bits per heavy atom. The Hall–Kier alpha value is -2.64. The monoisotopic (exact) mass is 362 g/mol. The summed E-state index contributed by atoms with van der Waals surface area (Å²) >= 11 is 7.56. The molecule has 3 aromatic rings. The summed E-state index contributed by atoms with van der Waals surface area (Å²) in [6.45, 7) is 0. The Morgan fingerprint density at radius 2 is 2.08 bits per heavy atom. The summed E-state index contributed by atoms with van der Waals surface area (Å²) in [6.07, 6.45) is 0. The highest BCUT2D eigenvalue weighted by Gasteiger charge is 2.18. The Labute approximate surface area is 145 Å². The molecule has 0 saturated heterocycles. The first kappa shape index (κ1) is 16.2. The van der Waals surface area contributed by atoms with E-state index in [1.807, 2.05) is 6.07 Å². The molecule has 0 aliphatic rings. The van der Waals surface area contributed by atoms with Crippen molar-refractivity contribution in [2.24, 2.45) is 0 Å². The fourth-order valence-electron chi connectivity index (χ4n) is 2.20. The fourth-order valence-corrected chi connectivity index (χ4v) is 3.59. The molecule has 8 heteroatoms. The van der Waals surface area contributed by atoms with E-state index < -0.39 is 10.8 Å². The molecule has 0 saturated carbocycles. The zero-order valence-electron chi connectivity index (χ0n) is 12.4. The van der Waals surface area contributed by atoms with E-state index in [-0.39, 0.29) is 5.69 Å². The second-order valence-electron chi connectivity index (χ2n) is 4.87. The number of rotatable bonds is 4. The van der Waals surface area contributed by atoms with Crippen LogP contribution in [0.15, 0.2) is 42.5 Å². The van der Waals surface area contributed by atoms with E-state index >= 15 is 0 Å². The van der Waals surface area contributed by atoms with Crippen LogP contribution in [0, 0.1) is 10.1 Å². The van der Waals surface area contributed by atoms with E-state index in [2.05, 4.69) is 5.32 Å². The summed E-state index contributed by atoms with van der Waals surface area (Å²) in [5.41, 5.74) is 0.236. The third-order valence-corrected chi connectivity index (χ3v) is 5.03. The summed E-state index contributed by atoms with van der Waals surface area (Å²) in [7, 11) is 1.55. The van der Waals surface area contributed by atoms with Gasteiger partial charge < -0.3 is 10.1 Å². The molecule has 0 fully saturated rings. The molecule has 0 atom stereocenters. The minimum Gasteiger partial charge on any atom is -0.497 e. The number of hydrogen-bond donors (Lipinski definition) is 1. The number of nitrogens with one attached hydrogen (secondary N) is 1. The van der Waals surface area contributed by atoms with Crippen LogP contribution < -0.4 is 10.1 Å². The van der Waals surface area contributed by atoms with Gasteiger partial charge in [-0.05, 0) is 24.3 Å². The summed E-state index contributed by atoms with van der Waals surface area (Å²) in [5, 5.41) is 14.5. The van der Waals surface area contributed by atoms with E-state index in [1.54, 1.807) is 25.3 Å². The average molecular weight is 363 g/mol. The Bertz CT molecular complexity index is 954. The normalized spacial score (nSPS) is 10.6. The standard InChI is InChI=1S/C16H11ClN2O4S/c1-23-11-5-6-13-12(8-11)14(17)15(24-13)16(20)18-9-3-2-4-10(7-9)19(21)22/h2-8H,1H3,(H,18,20). The number of non-ortho nitro benzene ring substituents is 1. The van der Waals surface area contributed by atoms with Gasteiger partial charge in [0.25, 0.3) is 11.6 Å². The number of nitrogens with zero attached hydrogens (tertiary/aromatic N) is 1. The number of carbonyl (C=O) groups excluding carboxylic acids is 1. The van der Waals surface area contributed by atoms with Crippen molar-refractivity contribution >= 4 is 50.3 Å². The maximum Gasteiger partial charge on any atom is 0.271 e. The third-order valence-electron chi connectivity index (χ3n) is 3.36. The zero-order valence-corrected chi connectivity index (χ0v) is 14.0. The summed E-state index contributed by atoms with van der Waals surface area (Å²) < 4.78 is 6.01. The van der Waals surface area contributed by atoms with E-state index in [4.69, 9.17) is 16.3 Å². The summed E-state index contributed by atoms with van der Waals surface area (Å²) in [5.74, 6) is 0.230. The van der Waals surface area contributed by atoms with Gasteiger partial charge in [0.05, 0.1) is 17.1 Å². The smallest absolute Gasteiger partial charge is 0.271 e. The molecule has 122 valence electrons. The minimum atomic E-state index is -0.519. The first-order chi connectivity index (χ1) is 11.5. The third kappa shape index (κ3) is 3.04. The predicted octanol–water partition coefficient (Wildman–Crippen LogP) is 4.72. The maximum atomic E-state index is 12.5. The molecule has 1 heterocycles. The highest BCUT2D eigenvalue weighted by molar-refractivity contribution is 7.21. The number of benzene rings is 2. The number of methoxy groups -OCH3 is 1. The van der Waals surface area contributed by atoms with Crippen LogP contribution in [0.3, 0.4) is 0 Å². The van der Waals surface area contributed by atoms with Crippen molar-refractivity contribution in [3.8, 4) is 5.75 Å². The highest BCUT2D eigenvalue weighted by atomic mass is 35.5. The first-order valence-corrected chi connectivity index (χ1v) is 8.01. The molecule has 0 radical (unpaired) electrons. The first-order valence-electron chi connectivity index (χ1n) is 6.81. The molecule has 1 amide bonds. The van der Waals surface area contributed by atoms with Gasteiger partial charge in [0, 0.05) is 27.9 Å². The lowest BCUT2D eigenvalue weighted by Gasteiger charge is -2.03. The van der Waals surface area contributed by atoms with E-state index in [0.29, 0.717) is 21.3 Å². The van der Waals surface area contributed by atoms with Crippen LogP contribution in [0.5, 0.6) is 5.75 Å². The molecular weight excluding hydrogens is 352 g/mol. The van der Waals surface area contributed by atoms with Crippen molar-refractivity contribution in [3.05, 3.63) is 62.5 Å². The van der Waals surface area contributed by atoms with Gasteiger partial charge in [0.15, 0.2) is 0 Å². The molecular formula is C16H11ClN2O4S. The van der Waals surface area contributed by atoms with Crippen molar-refractivity contribution in [2.75, 3.05) is 12.4 Å². The van der Waals surface area contributed by atoms with Crippen LogP contribution in [-0.2, 0) is 0 Å². The maximum absolute atomic E-state index is 12.5. The summed E-state index contributed by atoms with van der Waals surface area (Å²) in [6, 6.07) is 11.1. The number of nitro benzene ring substituents is 1. The topological polar surface area (TPSA) is 81.5 Å². The Balaban J connectivity index is 1.93. The van der Waals surface area contributed by atoms with Crippen LogP contribution in [0.4, 0.5) is 11.4 Å². The number of ether oxygens (including phenoxy) is 1. The number of thiophene rings is 1. The highest BCUT2D eigenvalue weighted by Crippen LogP contribution is 2.37. The fraction of sp³-hybridized carbons (Fsp3) is 0.0625. The van der Waals surface area contributed by atoms with Gasteiger partial charge >= 0.3 is 0 Å². The Kier molecular flexibility index (Phi) is 4.37. The molecule has 0 bridgehead atoms. The average Bonchev–Trinajstić information content (AvgIpc) is 2.91. The number of carbonyl (C=O) groups is 1. The van der Waals surface area contributed by atoms with Crippen molar-refractivity contribution in [3.63, 3.8) is 0 Å². The van der Waals surface area contributed by atoms with Gasteiger partial charge in [-0.1, -0.05) is 17.7 Å². The van der Waals surface area contributed by atoms with Crippen LogP contribution in [-0.4, -0.2) is 17.9 Å². The molecule has 0 unspecified atom stereocenters. The number of anilines is 1. The molecule has 3 rings (SSSR count). The number of nitro groups is 1. The minimum absolute atomic E-state index is 0.0972. The molecule has 0 aliphatic heterocycles. The second-order valence-corrected chi connectivity index (χ2v) is 6.30. The van der Waals surface area contributed by atoms with E-state index in [0.717, 1.165) is 10.1 Å². The van der Waals surface area contributed by atoms with Gasteiger partial charge in [-0.15, -0.1) is 11.3 Å². The molecule has 1 N–H and O–H groups in total. The lowest BCUT2D eigenvalue weighted by molar-refractivity contribution is -0.384. The van der Waals surface area contributed by atoms with Crippen LogP contribution >= 0.6 is 22.9 Å². The van der Waals surface area contributed by atoms with Gasteiger partial charge in [0.2, 0.25) is 0 Å². The molecule has 1 aromatic heterocycles. The van der Waals surface area contributed by atoms with Crippen LogP contribution in [0.2, 0.25) is 5.02 Å². The van der Waals surface area contributed by atoms with Crippen LogP contribution in [0.25, 0.3) is 10.1 Å². The van der Waals surface area contributed by atoms with Gasteiger partial charge in [-0.2, -0.15) is 0 Å². The van der Waals surface area contributed by atoms with Crippen LogP contribution in [0.1, 0.15) is 9.67 Å². The molecule has 24 heavy (non-hydrogen) atoms. The Morgan fingerprint density at radius 1 is 1.29 bits per heavy atom. The summed E-state index contributed by atoms with van der Waals surface area (Å²) in [4.78, 5) is 23.1. The SMILES string of the molecule is COc1ccc2sc(C(=O)Nc3cccc([N+](=O)[O-])c3)c(Cl)c2c1.